The summed E-state index contributed by atoms with van der Waals surface area (Å²) < 4.78 is 6.60. The summed E-state index contributed by atoms with van der Waals surface area (Å²) in [6, 6.07) is 5.69. The van der Waals surface area contributed by atoms with Crippen LogP contribution >= 0.6 is 31.9 Å². The van der Waals surface area contributed by atoms with Crippen molar-refractivity contribution >= 4 is 43.5 Å². The van der Waals surface area contributed by atoms with Gasteiger partial charge >= 0.3 is 5.97 Å². The molecule has 0 bridgehead atoms. The number of hydrogen-bond acceptors (Lipinski definition) is 4. The molecule has 4 nitrogen and oxygen atoms in total. The zero-order valence-electron chi connectivity index (χ0n) is 9.95. The highest BCUT2D eigenvalue weighted by Crippen LogP contribution is 2.26. The van der Waals surface area contributed by atoms with Crippen LogP contribution in [0.4, 0.5) is 5.69 Å². The Balaban J connectivity index is 2.44. The van der Waals surface area contributed by atoms with Crippen LogP contribution in [0.3, 0.4) is 0 Å². The Morgan fingerprint density at radius 3 is 2.89 bits per heavy atom. The minimum Gasteiger partial charge on any atom is -0.466 e. The first kappa shape index (κ1) is 15.5. The van der Waals surface area contributed by atoms with Crippen LogP contribution in [-0.4, -0.2) is 30.3 Å². The monoisotopic (exact) mass is 379 g/mol. The third-order valence-corrected chi connectivity index (χ3v) is 3.35. The average Bonchev–Trinajstić information content (AvgIpc) is 2.30. The summed E-state index contributed by atoms with van der Waals surface area (Å²) in [4.78, 5) is 11.2. The maximum atomic E-state index is 11.2. The van der Waals surface area contributed by atoms with Crippen molar-refractivity contribution in [2.75, 3.05) is 18.5 Å². The van der Waals surface area contributed by atoms with Crippen molar-refractivity contribution in [1.82, 2.24) is 0 Å². The SMILES string of the molecule is CCOC(=O)CC(O)CNc1cc(Br)ccc1Br. The summed E-state index contributed by atoms with van der Waals surface area (Å²) in [5.74, 6) is -0.389. The molecule has 0 saturated heterocycles. The lowest BCUT2D eigenvalue weighted by Gasteiger charge is -2.13. The topological polar surface area (TPSA) is 58.6 Å². The largest absolute Gasteiger partial charge is 0.466 e. The molecule has 1 atom stereocenters. The smallest absolute Gasteiger partial charge is 0.308 e. The summed E-state index contributed by atoms with van der Waals surface area (Å²) in [5.41, 5.74) is 0.854. The molecule has 0 spiro atoms. The molecule has 1 aromatic rings. The van der Waals surface area contributed by atoms with E-state index in [1.54, 1.807) is 6.92 Å². The molecule has 0 aliphatic carbocycles. The Bertz CT molecular complexity index is 412. The van der Waals surface area contributed by atoms with E-state index >= 15 is 0 Å². The van der Waals surface area contributed by atoms with Crippen LogP contribution in [-0.2, 0) is 9.53 Å². The van der Waals surface area contributed by atoms with E-state index in [-0.39, 0.29) is 18.9 Å². The van der Waals surface area contributed by atoms with Gasteiger partial charge in [-0.2, -0.15) is 0 Å². The highest BCUT2D eigenvalue weighted by atomic mass is 79.9. The van der Waals surface area contributed by atoms with Crippen molar-refractivity contribution in [2.45, 2.75) is 19.4 Å². The van der Waals surface area contributed by atoms with Crippen LogP contribution < -0.4 is 5.32 Å². The molecule has 0 aliphatic rings. The number of aliphatic hydroxyl groups excluding tert-OH is 1. The fraction of sp³-hybridized carbons (Fsp3) is 0.417. The third kappa shape index (κ3) is 5.37. The first-order valence-corrected chi connectivity index (χ1v) is 7.14. The van der Waals surface area contributed by atoms with Gasteiger partial charge in [-0.3, -0.25) is 4.79 Å². The minimum absolute atomic E-state index is 0.00748. The number of anilines is 1. The molecule has 0 aromatic heterocycles. The molecular formula is C12H15Br2NO3. The molecule has 0 fully saturated rings. The number of carbonyl (C=O) groups is 1. The highest BCUT2D eigenvalue weighted by molar-refractivity contribution is 9.11. The van der Waals surface area contributed by atoms with Gasteiger partial charge in [0.05, 0.1) is 19.1 Å². The molecule has 100 valence electrons. The highest BCUT2D eigenvalue weighted by Gasteiger charge is 2.12. The van der Waals surface area contributed by atoms with Crippen molar-refractivity contribution in [3.63, 3.8) is 0 Å². The molecule has 0 aliphatic heterocycles. The van der Waals surface area contributed by atoms with E-state index in [2.05, 4.69) is 37.2 Å². The normalized spacial score (nSPS) is 12.0. The van der Waals surface area contributed by atoms with Crippen LogP contribution in [0.1, 0.15) is 13.3 Å². The molecular weight excluding hydrogens is 366 g/mol. The van der Waals surface area contributed by atoms with Gasteiger partial charge in [0.2, 0.25) is 0 Å². The van der Waals surface area contributed by atoms with Gasteiger partial charge in [-0.1, -0.05) is 15.9 Å². The molecule has 1 rings (SSSR count). The second-order valence-electron chi connectivity index (χ2n) is 3.67. The van der Waals surface area contributed by atoms with Crippen LogP contribution in [0.2, 0.25) is 0 Å². The summed E-state index contributed by atoms with van der Waals surface area (Å²) in [6.45, 7) is 2.35. The zero-order valence-corrected chi connectivity index (χ0v) is 13.1. The van der Waals surface area contributed by atoms with Gasteiger partial charge in [-0.25, -0.2) is 0 Å². The van der Waals surface area contributed by atoms with E-state index in [9.17, 15) is 9.90 Å². The Kier molecular flexibility index (Phi) is 6.67. The predicted molar refractivity (Wildman–Crippen MR) is 77.6 cm³/mol. The Labute approximate surface area is 123 Å². The van der Waals surface area contributed by atoms with Gasteiger partial charge in [0.15, 0.2) is 0 Å². The number of esters is 1. The number of nitrogens with one attached hydrogen (secondary N) is 1. The van der Waals surface area contributed by atoms with Crippen molar-refractivity contribution < 1.29 is 14.6 Å². The van der Waals surface area contributed by atoms with Gasteiger partial charge in [-0.05, 0) is 41.1 Å². The van der Waals surface area contributed by atoms with Gasteiger partial charge in [-0.15, -0.1) is 0 Å². The van der Waals surface area contributed by atoms with Gasteiger partial charge in [0.25, 0.3) is 0 Å². The fourth-order valence-corrected chi connectivity index (χ4v) is 2.09. The third-order valence-electron chi connectivity index (χ3n) is 2.16. The Morgan fingerprint density at radius 2 is 2.22 bits per heavy atom. The van der Waals surface area contributed by atoms with Crippen molar-refractivity contribution in [2.24, 2.45) is 0 Å². The minimum atomic E-state index is -0.769. The number of ether oxygens (including phenoxy) is 1. The number of halogens is 2. The maximum absolute atomic E-state index is 11.2. The molecule has 0 radical (unpaired) electrons. The number of rotatable bonds is 6. The first-order valence-electron chi connectivity index (χ1n) is 5.55. The molecule has 18 heavy (non-hydrogen) atoms. The Hall–Kier alpha value is -0.590. The second kappa shape index (κ2) is 7.76. The van der Waals surface area contributed by atoms with E-state index in [1.165, 1.54) is 0 Å². The van der Waals surface area contributed by atoms with Crippen molar-refractivity contribution in [3.05, 3.63) is 27.1 Å². The van der Waals surface area contributed by atoms with E-state index in [1.807, 2.05) is 18.2 Å². The van der Waals surface area contributed by atoms with E-state index in [0.717, 1.165) is 14.6 Å². The van der Waals surface area contributed by atoms with E-state index < -0.39 is 6.10 Å². The van der Waals surface area contributed by atoms with Crippen LogP contribution in [0.15, 0.2) is 27.1 Å². The average molecular weight is 381 g/mol. The molecule has 0 heterocycles. The quantitative estimate of drug-likeness (QED) is 0.745. The standard InChI is InChI=1S/C12H15Br2NO3/c1-2-18-12(17)6-9(16)7-15-11-5-8(13)3-4-10(11)14/h3-5,9,15-16H,2,6-7H2,1H3. The van der Waals surface area contributed by atoms with Gasteiger partial charge in [0, 0.05) is 21.2 Å². The van der Waals surface area contributed by atoms with Crippen LogP contribution in [0.25, 0.3) is 0 Å². The van der Waals surface area contributed by atoms with E-state index in [0.29, 0.717) is 6.61 Å². The Morgan fingerprint density at radius 1 is 1.50 bits per heavy atom. The zero-order chi connectivity index (χ0) is 13.5. The molecule has 2 N–H and O–H groups in total. The van der Waals surface area contributed by atoms with Gasteiger partial charge in [0.1, 0.15) is 0 Å². The summed E-state index contributed by atoms with van der Waals surface area (Å²) in [6.07, 6.45) is -0.776. The lowest BCUT2D eigenvalue weighted by molar-refractivity contribution is -0.145. The van der Waals surface area contributed by atoms with Crippen molar-refractivity contribution in [3.8, 4) is 0 Å². The molecule has 1 aromatic carbocycles. The molecule has 0 saturated carbocycles. The summed E-state index contributed by atoms with van der Waals surface area (Å²) in [5, 5.41) is 12.7. The fourth-order valence-electron chi connectivity index (χ4n) is 1.35. The van der Waals surface area contributed by atoms with Crippen LogP contribution in [0, 0.1) is 0 Å². The molecule has 0 amide bonds. The number of benzene rings is 1. The second-order valence-corrected chi connectivity index (χ2v) is 5.44. The van der Waals surface area contributed by atoms with E-state index in [4.69, 9.17) is 4.74 Å². The first-order chi connectivity index (χ1) is 8.52. The van der Waals surface area contributed by atoms with Crippen LogP contribution in [0.5, 0.6) is 0 Å². The predicted octanol–water partition coefficient (Wildman–Crippen LogP) is 2.94. The molecule has 6 heteroatoms. The maximum Gasteiger partial charge on any atom is 0.308 e. The van der Waals surface area contributed by atoms with Crippen molar-refractivity contribution in [1.29, 1.82) is 0 Å². The number of hydrogen-bond donors (Lipinski definition) is 2. The summed E-state index contributed by atoms with van der Waals surface area (Å²) in [7, 11) is 0. The lowest BCUT2D eigenvalue weighted by atomic mass is 10.2. The number of aliphatic hydroxyl groups is 1. The lowest BCUT2D eigenvalue weighted by Crippen LogP contribution is -2.24. The van der Waals surface area contributed by atoms with Gasteiger partial charge < -0.3 is 15.2 Å². The number of carbonyl (C=O) groups excluding carboxylic acids is 1. The summed E-state index contributed by atoms with van der Waals surface area (Å²) >= 11 is 6.77. The molecule has 1 unspecified atom stereocenters.